The number of amides is 1. The first-order valence-electron chi connectivity index (χ1n) is 4.65. The fourth-order valence-corrected chi connectivity index (χ4v) is 1.38. The second-order valence-electron chi connectivity index (χ2n) is 3.51. The Balaban J connectivity index is 2.40. The van der Waals surface area contributed by atoms with Crippen molar-refractivity contribution in [1.29, 1.82) is 0 Å². The fraction of sp³-hybridized carbons (Fsp3) is 0.889. The first-order valence-corrected chi connectivity index (χ1v) is 4.65. The van der Waals surface area contributed by atoms with Crippen molar-refractivity contribution >= 4 is 5.91 Å². The molecule has 1 fully saturated rings. The Labute approximate surface area is 79.4 Å². The van der Waals surface area contributed by atoms with Crippen LogP contribution in [0, 0.1) is 0 Å². The summed E-state index contributed by atoms with van der Waals surface area (Å²) >= 11 is 0. The highest BCUT2D eigenvalue weighted by Crippen LogP contribution is 2.03. The Morgan fingerprint density at radius 3 is 2.31 bits per heavy atom. The Bertz CT molecular complexity index is 176. The third-order valence-corrected chi connectivity index (χ3v) is 2.52. The van der Waals surface area contributed by atoms with Crippen molar-refractivity contribution in [3.8, 4) is 0 Å². The number of likely N-dealkylation sites (N-methyl/N-ethyl adjacent to an activating group) is 1. The Morgan fingerprint density at radius 1 is 1.31 bits per heavy atom. The van der Waals surface area contributed by atoms with Crippen molar-refractivity contribution < 1.29 is 9.53 Å². The second kappa shape index (κ2) is 4.58. The van der Waals surface area contributed by atoms with E-state index in [2.05, 4.69) is 11.9 Å². The van der Waals surface area contributed by atoms with Crippen molar-refractivity contribution in [2.45, 2.75) is 13.0 Å². The van der Waals surface area contributed by atoms with Gasteiger partial charge in [0, 0.05) is 33.3 Å². The third kappa shape index (κ3) is 2.67. The van der Waals surface area contributed by atoms with Crippen LogP contribution in [0.15, 0.2) is 0 Å². The van der Waals surface area contributed by atoms with Gasteiger partial charge in [-0.3, -0.25) is 4.79 Å². The first kappa shape index (κ1) is 10.5. The van der Waals surface area contributed by atoms with Gasteiger partial charge in [0.2, 0.25) is 0 Å². The lowest BCUT2D eigenvalue weighted by molar-refractivity contribution is -0.142. The molecule has 0 aromatic carbocycles. The molecule has 1 aliphatic heterocycles. The number of hydrogen-bond acceptors (Lipinski definition) is 3. The van der Waals surface area contributed by atoms with E-state index in [1.165, 1.54) is 0 Å². The van der Waals surface area contributed by atoms with E-state index in [-0.39, 0.29) is 12.0 Å². The van der Waals surface area contributed by atoms with E-state index in [1.54, 1.807) is 14.0 Å². The average molecular weight is 186 g/mol. The van der Waals surface area contributed by atoms with E-state index in [4.69, 9.17) is 4.74 Å². The van der Waals surface area contributed by atoms with Crippen LogP contribution in [0.5, 0.6) is 0 Å². The number of carbonyl (C=O) groups is 1. The molecule has 0 radical (unpaired) electrons. The zero-order valence-corrected chi connectivity index (χ0v) is 8.62. The van der Waals surface area contributed by atoms with Crippen LogP contribution in [0.1, 0.15) is 6.92 Å². The summed E-state index contributed by atoms with van der Waals surface area (Å²) in [6.07, 6.45) is -0.302. The van der Waals surface area contributed by atoms with Crippen LogP contribution < -0.4 is 0 Å². The topological polar surface area (TPSA) is 32.8 Å². The van der Waals surface area contributed by atoms with Crippen molar-refractivity contribution in [3.63, 3.8) is 0 Å². The SMILES string of the molecule is COC(C)C(=O)N1CCN(C)CC1. The smallest absolute Gasteiger partial charge is 0.251 e. The summed E-state index contributed by atoms with van der Waals surface area (Å²) in [6, 6.07) is 0. The van der Waals surface area contributed by atoms with Crippen LogP contribution in [0.25, 0.3) is 0 Å². The Kier molecular flexibility index (Phi) is 3.69. The van der Waals surface area contributed by atoms with E-state index < -0.39 is 0 Å². The van der Waals surface area contributed by atoms with Gasteiger partial charge in [-0.2, -0.15) is 0 Å². The van der Waals surface area contributed by atoms with Crippen LogP contribution in [-0.4, -0.2) is 62.1 Å². The van der Waals surface area contributed by atoms with Crippen LogP contribution in [0.4, 0.5) is 0 Å². The summed E-state index contributed by atoms with van der Waals surface area (Å²) in [7, 11) is 3.64. The molecule has 1 aliphatic rings. The number of methoxy groups -OCH3 is 1. The molecule has 0 aromatic rings. The monoisotopic (exact) mass is 186 g/mol. The maximum absolute atomic E-state index is 11.6. The van der Waals surface area contributed by atoms with Gasteiger partial charge >= 0.3 is 0 Å². The van der Waals surface area contributed by atoms with Crippen molar-refractivity contribution in [2.75, 3.05) is 40.3 Å². The molecule has 13 heavy (non-hydrogen) atoms. The predicted octanol–water partition coefficient (Wildman–Crippen LogP) is -0.205. The highest BCUT2D eigenvalue weighted by atomic mass is 16.5. The summed E-state index contributed by atoms with van der Waals surface area (Å²) in [5.41, 5.74) is 0. The standard InChI is InChI=1S/C9H18N2O2/c1-8(13-3)9(12)11-6-4-10(2)5-7-11/h8H,4-7H2,1-3H3. The first-order chi connectivity index (χ1) is 6.15. The van der Waals surface area contributed by atoms with Gasteiger partial charge in [0.05, 0.1) is 0 Å². The molecule has 76 valence electrons. The number of ether oxygens (including phenoxy) is 1. The van der Waals surface area contributed by atoms with Crippen molar-refractivity contribution in [3.05, 3.63) is 0 Å². The summed E-state index contributed by atoms with van der Waals surface area (Å²) in [5, 5.41) is 0. The molecule has 1 heterocycles. The largest absolute Gasteiger partial charge is 0.372 e. The molecule has 4 nitrogen and oxygen atoms in total. The lowest BCUT2D eigenvalue weighted by atomic mass is 10.3. The van der Waals surface area contributed by atoms with Crippen molar-refractivity contribution in [1.82, 2.24) is 9.80 Å². The highest BCUT2D eigenvalue weighted by Gasteiger charge is 2.22. The number of carbonyl (C=O) groups excluding carboxylic acids is 1. The number of piperazine rings is 1. The summed E-state index contributed by atoms with van der Waals surface area (Å²) < 4.78 is 4.99. The molecule has 1 rings (SSSR count). The Hall–Kier alpha value is -0.610. The third-order valence-electron chi connectivity index (χ3n) is 2.52. The molecule has 0 aliphatic carbocycles. The molecule has 1 saturated heterocycles. The zero-order chi connectivity index (χ0) is 9.84. The van der Waals surface area contributed by atoms with Crippen LogP contribution >= 0.6 is 0 Å². The summed E-state index contributed by atoms with van der Waals surface area (Å²) in [6.45, 7) is 5.36. The molecule has 4 heteroatoms. The quantitative estimate of drug-likeness (QED) is 0.598. The van der Waals surface area contributed by atoms with Crippen LogP contribution in [0.3, 0.4) is 0 Å². The molecule has 1 amide bonds. The van der Waals surface area contributed by atoms with E-state index in [0.717, 1.165) is 26.2 Å². The molecule has 1 atom stereocenters. The molecular formula is C9H18N2O2. The van der Waals surface area contributed by atoms with Gasteiger partial charge in [0.25, 0.3) is 5.91 Å². The summed E-state index contributed by atoms with van der Waals surface area (Å²) in [5.74, 6) is 0.107. The van der Waals surface area contributed by atoms with E-state index >= 15 is 0 Å². The van der Waals surface area contributed by atoms with Crippen LogP contribution in [0.2, 0.25) is 0 Å². The number of rotatable bonds is 2. The molecule has 1 unspecified atom stereocenters. The van der Waals surface area contributed by atoms with E-state index in [9.17, 15) is 4.79 Å². The highest BCUT2D eigenvalue weighted by molar-refractivity contribution is 5.80. The van der Waals surface area contributed by atoms with Gasteiger partial charge in [-0.05, 0) is 14.0 Å². The molecule has 0 saturated carbocycles. The fourth-order valence-electron chi connectivity index (χ4n) is 1.38. The van der Waals surface area contributed by atoms with Crippen LogP contribution in [-0.2, 0) is 9.53 Å². The second-order valence-corrected chi connectivity index (χ2v) is 3.51. The molecule has 0 aromatic heterocycles. The minimum atomic E-state index is -0.302. The van der Waals surface area contributed by atoms with Gasteiger partial charge in [0.1, 0.15) is 6.10 Å². The lowest BCUT2D eigenvalue weighted by Gasteiger charge is -2.33. The Morgan fingerprint density at radius 2 is 1.85 bits per heavy atom. The average Bonchev–Trinajstić information content (AvgIpc) is 2.17. The molecule has 0 bridgehead atoms. The molecule has 0 N–H and O–H groups in total. The van der Waals surface area contributed by atoms with Gasteiger partial charge in [0.15, 0.2) is 0 Å². The predicted molar refractivity (Wildman–Crippen MR) is 50.5 cm³/mol. The van der Waals surface area contributed by atoms with Gasteiger partial charge in [-0.1, -0.05) is 0 Å². The molecular weight excluding hydrogens is 168 g/mol. The van der Waals surface area contributed by atoms with Gasteiger partial charge in [-0.25, -0.2) is 0 Å². The van der Waals surface area contributed by atoms with Gasteiger partial charge < -0.3 is 14.5 Å². The summed E-state index contributed by atoms with van der Waals surface area (Å²) in [4.78, 5) is 15.7. The van der Waals surface area contributed by atoms with Gasteiger partial charge in [-0.15, -0.1) is 0 Å². The number of nitrogens with zero attached hydrogens (tertiary/aromatic N) is 2. The minimum absolute atomic E-state index is 0.107. The minimum Gasteiger partial charge on any atom is -0.372 e. The maximum Gasteiger partial charge on any atom is 0.251 e. The van der Waals surface area contributed by atoms with E-state index in [1.807, 2.05) is 4.90 Å². The maximum atomic E-state index is 11.6. The normalized spacial score (nSPS) is 21.6. The zero-order valence-electron chi connectivity index (χ0n) is 8.62. The number of hydrogen-bond donors (Lipinski definition) is 0. The van der Waals surface area contributed by atoms with E-state index in [0.29, 0.717) is 0 Å². The lowest BCUT2D eigenvalue weighted by Crippen LogP contribution is -2.50. The van der Waals surface area contributed by atoms with Crippen molar-refractivity contribution in [2.24, 2.45) is 0 Å². The molecule has 0 spiro atoms.